The van der Waals surface area contributed by atoms with Crippen LogP contribution < -0.4 is 0 Å². The van der Waals surface area contributed by atoms with Crippen molar-refractivity contribution in [2.45, 2.75) is 106 Å². The Kier molecular flexibility index (Phi) is 13.0. The monoisotopic (exact) mass is 698 g/mol. The standard InChI is InChI=1S/C37H44F6O6/c1-46-34(36(38,39)40,28-20-11-5-12-21-28)32(44)48-30(26-16-7-3-8-17-26)24-15-25-31(27-18-9-4-10-19-27)49-33(45)35(47-2,37(41,42)43)29-22-13-6-14-23-29/h5-6,11-15,20-24,26-27,30-31H,3-4,7-10,16-19,25H2,1-2H3/b24-15-/t30-,31+,34+,35+/m1/s1. The van der Waals surface area contributed by atoms with Gasteiger partial charge in [-0.1, -0.05) is 105 Å². The van der Waals surface area contributed by atoms with Crippen molar-refractivity contribution >= 4 is 11.9 Å². The summed E-state index contributed by atoms with van der Waals surface area (Å²) in [6, 6.07) is 13.1. The van der Waals surface area contributed by atoms with Crippen molar-refractivity contribution in [1.29, 1.82) is 0 Å². The van der Waals surface area contributed by atoms with E-state index in [0.29, 0.717) is 25.7 Å². The summed E-state index contributed by atoms with van der Waals surface area (Å²) in [5.74, 6) is -3.79. The number of halogens is 6. The summed E-state index contributed by atoms with van der Waals surface area (Å²) >= 11 is 0. The van der Waals surface area contributed by atoms with Crippen LogP contribution in [0, 0.1) is 11.8 Å². The maximum Gasteiger partial charge on any atom is 0.432 e. The molecule has 0 aliphatic heterocycles. The molecule has 0 spiro atoms. The van der Waals surface area contributed by atoms with Gasteiger partial charge >= 0.3 is 24.3 Å². The fraction of sp³-hybridized carbons (Fsp3) is 0.568. The predicted octanol–water partition coefficient (Wildman–Crippen LogP) is 9.13. The fourth-order valence-electron chi connectivity index (χ4n) is 7.15. The van der Waals surface area contributed by atoms with Crippen LogP contribution in [0.4, 0.5) is 26.3 Å². The fourth-order valence-corrected chi connectivity index (χ4v) is 7.15. The Bertz CT molecular complexity index is 1370. The lowest BCUT2D eigenvalue weighted by atomic mass is 9.83. The van der Waals surface area contributed by atoms with Crippen LogP contribution in [0.2, 0.25) is 0 Å². The molecule has 2 saturated carbocycles. The van der Waals surface area contributed by atoms with Gasteiger partial charge in [0.1, 0.15) is 12.2 Å². The van der Waals surface area contributed by atoms with Crippen LogP contribution in [-0.4, -0.2) is 50.7 Å². The van der Waals surface area contributed by atoms with E-state index in [1.54, 1.807) is 0 Å². The predicted molar refractivity (Wildman–Crippen MR) is 169 cm³/mol. The molecule has 49 heavy (non-hydrogen) atoms. The van der Waals surface area contributed by atoms with Crippen LogP contribution in [0.1, 0.15) is 81.8 Å². The summed E-state index contributed by atoms with van der Waals surface area (Å²) in [5.41, 5.74) is -7.62. The summed E-state index contributed by atoms with van der Waals surface area (Å²) in [7, 11) is 1.60. The molecule has 0 heterocycles. The normalized spacial score (nSPS) is 20.6. The summed E-state index contributed by atoms with van der Waals surface area (Å²) in [5, 5.41) is 0. The summed E-state index contributed by atoms with van der Waals surface area (Å²) < 4.78 is 109. The minimum atomic E-state index is -5.16. The van der Waals surface area contributed by atoms with Gasteiger partial charge in [-0.15, -0.1) is 0 Å². The number of esters is 2. The van der Waals surface area contributed by atoms with E-state index in [9.17, 15) is 35.9 Å². The second-order valence-corrected chi connectivity index (χ2v) is 12.8. The van der Waals surface area contributed by atoms with Crippen LogP contribution in [0.15, 0.2) is 72.8 Å². The molecular formula is C37H44F6O6. The SMILES string of the molecule is CO[C@](C(=O)O[C@@H](C/C=C\[C@@H](OC(=O)[C@@](OC)(c1ccccc1)C(F)(F)F)C1CCCCC1)C1CCCCC1)(c1ccccc1)C(F)(F)F. The highest BCUT2D eigenvalue weighted by Crippen LogP contribution is 2.45. The van der Waals surface area contributed by atoms with Crippen LogP contribution in [0.25, 0.3) is 0 Å². The van der Waals surface area contributed by atoms with E-state index in [2.05, 4.69) is 0 Å². The number of hydrogen-bond acceptors (Lipinski definition) is 6. The molecular weight excluding hydrogens is 654 g/mol. The average molecular weight is 699 g/mol. The van der Waals surface area contributed by atoms with E-state index in [0.717, 1.165) is 77.0 Å². The first-order chi connectivity index (χ1) is 23.3. The second-order valence-electron chi connectivity index (χ2n) is 12.8. The van der Waals surface area contributed by atoms with Crippen LogP contribution in [0.5, 0.6) is 0 Å². The van der Waals surface area contributed by atoms with Crippen molar-refractivity contribution in [3.8, 4) is 0 Å². The third-order valence-electron chi connectivity index (χ3n) is 9.83. The highest BCUT2D eigenvalue weighted by molar-refractivity contribution is 5.83. The zero-order valence-corrected chi connectivity index (χ0v) is 27.7. The van der Waals surface area contributed by atoms with Crippen LogP contribution in [0.3, 0.4) is 0 Å². The molecule has 4 rings (SSSR count). The van der Waals surface area contributed by atoms with Crippen molar-refractivity contribution in [1.82, 2.24) is 0 Å². The Morgan fingerprint density at radius 3 is 1.47 bits per heavy atom. The van der Waals surface area contributed by atoms with Gasteiger partial charge in [0.2, 0.25) is 0 Å². The minimum Gasteiger partial charge on any atom is -0.459 e. The maximum atomic E-state index is 14.6. The van der Waals surface area contributed by atoms with Crippen molar-refractivity contribution < 1.29 is 54.9 Å². The zero-order chi connectivity index (χ0) is 35.7. The van der Waals surface area contributed by atoms with Gasteiger partial charge in [0.15, 0.2) is 0 Å². The second kappa shape index (κ2) is 16.6. The summed E-state index contributed by atoms with van der Waals surface area (Å²) in [6.07, 6.45) is -1.97. The Hall–Kier alpha value is -3.38. The van der Waals surface area contributed by atoms with E-state index in [-0.39, 0.29) is 18.3 Å². The smallest absolute Gasteiger partial charge is 0.432 e. The first-order valence-electron chi connectivity index (χ1n) is 16.8. The van der Waals surface area contributed by atoms with Gasteiger partial charge in [0, 0.05) is 31.8 Å². The van der Waals surface area contributed by atoms with E-state index in [1.807, 2.05) is 0 Å². The maximum absolute atomic E-state index is 14.6. The van der Waals surface area contributed by atoms with E-state index in [1.165, 1.54) is 48.6 Å². The summed E-state index contributed by atoms with van der Waals surface area (Å²) in [4.78, 5) is 27.1. The molecule has 0 amide bonds. The van der Waals surface area contributed by atoms with Crippen molar-refractivity contribution in [2.75, 3.05) is 14.2 Å². The lowest BCUT2D eigenvalue weighted by Crippen LogP contribution is -2.53. The largest absolute Gasteiger partial charge is 0.459 e. The van der Waals surface area contributed by atoms with E-state index < -0.39 is 58.8 Å². The average Bonchev–Trinajstić information content (AvgIpc) is 3.09. The lowest BCUT2D eigenvalue weighted by Gasteiger charge is -2.36. The Morgan fingerprint density at radius 1 is 0.653 bits per heavy atom. The molecule has 0 unspecified atom stereocenters. The molecule has 0 N–H and O–H groups in total. The molecule has 2 fully saturated rings. The van der Waals surface area contributed by atoms with Gasteiger partial charge in [-0.25, -0.2) is 9.59 Å². The molecule has 0 saturated heterocycles. The Balaban J connectivity index is 1.64. The van der Waals surface area contributed by atoms with Gasteiger partial charge in [0.25, 0.3) is 11.2 Å². The topological polar surface area (TPSA) is 71.1 Å². The van der Waals surface area contributed by atoms with Crippen molar-refractivity contribution in [3.05, 3.63) is 83.9 Å². The quantitative estimate of drug-likeness (QED) is 0.118. The molecule has 2 aromatic rings. The Labute approximate surface area is 283 Å². The number of carbonyl (C=O) groups is 2. The number of alkyl halides is 6. The first-order valence-corrected chi connectivity index (χ1v) is 16.8. The molecule has 12 heteroatoms. The number of carbonyl (C=O) groups excluding carboxylic acids is 2. The number of hydrogen-bond donors (Lipinski definition) is 0. The number of methoxy groups -OCH3 is 2. The Morgan fingerprint density at radius 2 is 1.06 bits per heavy atom. The number of rotatable bonds is 13. The van der Waals surface area contributed by atoms with Gasteiger partial charge in [-0.05, 0) is 43.6 Å². The first kappa shape index (κ1) is 38.4. The molecule has 2 aromatic carbocycles. The number of ether oxygens (including phenoxy) is 4. The van der Waals surface area contributed by atoms with Gasteiger partial charge in [0.05, 0.1) is 0 Å². The zero-order valence-electron chi connectivity index (χ0n) is 27.7. The van der Waals surface area contributed by atoms with E-state index in [4.69, 9.17) is 18.9 Å². The molecule has 270 valence electrons. The number of benzene rings is 2. The third kappa shape index (κ3) is 8.33. The highest BCUT2D eigenvalue weighted by Gasteiger charge is 2.65. The molecule has 6 nitrogen and oxygen atoms in total. The molecule has 0 radical (unpaired) electrons. The molecule has 0 aromatic heterocycles. The molecule has 2 aliphatic carbocycles. The van der Waals surface area contributed by atoms with Gasteiger partial charge in [-0.2, -0.15) is 26.3 Å². The van der Waals surface area contributed by atoms with Crippen LogP contribution >= 0.6 is 0 Å². The lowest BCUT2D eigenvalue weighted by molar-refractivity contribution is -0.279. The van der Waals surface area contributed by atoms with Crippen molar-refractivity contribution in [3.63, 3.8) is 0 Å². The van der Waals surface area contributed by atoms with Gasteiger partial charge in [-0.3, -0.25) is 0 Å². The molecule has 4 atom stereocenters. The van der Waals surface area contributed by atoms with Crippen molar-refractivity contribution in [2.24, 2.45) is 11.8 Å². The third-order valence-corrected chi connectivity index (χ3v) is 9.83. The summed E-state index contributed by atoms with van der Waals surface area (Å²) in [6.45, 7) is 0. The molecule has 2 aliphatic rings. The molecule has 0 bridgehead atoms. The van der Waals surface area contributed by atoms with Gasteiger partial charge < -0.3 is 18.9 Å². The minimum absolute atomic E-state index is 0.0446. The van der Waals surface area contributed by atoms with E-state index >= 15 is 0 Å². The highest BCUT2D eigenvalue weighted by atomic mass is 19.4. The van der Waals surface area contributed by atoms with Crippen LogP contribution in [-0.2, 0) is 39.7 Å².